The lowest BCUT2D eigenvalue weighted by atomic mass is 10.0. The molecule has 1 aliphatic carbocycles. The van der Waals surface area contributed by atoms with Gasteiger partial charge in [-0.1, -0.05) is 19.9 Å². The number of carbonyl (C=O) groups excluding carboxylic acids is 3. The normalized spacial score (nSPS) is 17.9. The van der Waals surface area contributed by atoms with E-state index in [4.69, 9.17) is 9.47 Å². The molecule has 38 heavy (non-hydrogen) atoms. The number of hydrogen-bond donors (Lipinski definition) is 3. The summed E-state index contributed by atoms with van der Waals surface area (Å²) in [5.41, 5.74) is 2.18. The van der Waals surface area contributed by atoms with Gasteiger partial charge in [0, 0.05) is 17.6 Å². The number of anilines is 2. The quantitative estimate of drug-likeness (QED) is 0.462. The highest BCUT2D eigenvalue weighted by Crippen LogP contribution is 2.41. The van der Waals surface area contributed by atoms with E-state index < -0.39 is 11.9 Å². The number of fused-ring (bicyclic) bond motifs is 2. The fourth-order valence-electron chi connectivity index (χ4n) is 4.66. The fraction of sp³-hybridized carbons (Fsp3) is 0.464. The van der Waals surface area contributed by atoms with E-state index >= 15 is 0 Å². The molecule has 3 aliphatic rings. The van der Waals surface area contributed by atoms with Crippen LogP contribution in [0.1, 0.15) is 55.6 Å². The number of amides is 3. The summed E-state index contributed by atoms with van der Waals surface area (Å²) in [6.07, 6.45) is 1.84. The summed E-state index contributed by atoms with van der Waals surface area (Å²) >= 11 is 0. The van der Waals surface area contributed by atoms with E-state index in [-0.39, 0.29) is 50.4 Å². The van der Waals surface area contributed by atoms with Crippen molar-refractivity contribution in [3.05, 3.63) is 47.5 Å². The van der Waals surface area contributed by atoms with Gasteiger partial charge in [-0.15, -0.1) is 0 Å². The largest absolute Gasteiger partial charge is 0.454 e. The molecule has 5 rings (SSSR count). The first-order valence-electron chi connectivity index (χ1n) is 13.1. The molecule has 10 heteroatoms. The number of aliphatic hydroxyl groups excluding tert-OH is 1. The van der Waals surface area contributed by atoms with E-state index in [1.54, 1.807) is 41.3 Å². The van der Waals surface area contributed by atoms with Gasteiger partial charge < -0.3 is 30.1 Å². The van der Waals surface area contributed by atoms with Gasteiger partial charge in [0.1, 0.15) is 6.54 Å². The first-order chi connectivity index (χ1) is 18.3. The van der Waals surface area contributed by atoms with Gasteiger partial charge >= 0.3 is 0 Å². The minimum absolute atomic E-state index is 0.0679. The number of aliphatic hydroxyl groups is 1. The van der Waals surface area contributed by atoms with Crippen LogP contribution >= 0.6 is 0 Å². The molecule has 0 radical (unpaired) electrons. The summed E-state index contributed by atoms with van der Waals surface area (Å²) in [6.45, 7) is 6.00. The average Bonchev–Trinajstić information content (AvgIpc) is 3.64. The lowest BCUT2D eigenvalue weighted by Gasteiger charge is -2.37. The Balaban J connectivity index is 1.39. The van der Waals surface area contributed by atoms with Crippen LogP contribution in [0.4, 0.5) is 11.4 Å². The van der Waals surface area contributed by atoms with E-state index in [0.717, 1.165) is 12.8 Å². The Hall–Kier alpha value is -3.63. The second-order valence-electron chi connectivity index (χ2n) is 10.4. The van der Waals surface area contributed by atoms with Crippen molar-refractivity contribution in [2.24, 2.45) is 5.92 Å². The second-order valence-corrected chi connectivity index (χ2v) is 10.4. The molecule has 1 unspecified atom stereocenters. The Morgan fingerprint density at radius 3 is 2.53 bits per heavy atom. The van der Waals surface area contributed by atoms with Crippen LogP contribution in [-0.2, 0) is 9.59 Å². The van der Waals surface area contributed by atoms with E-state index in [1.165, 1.54) is 4.90 Å². The highest BCUT2D eigenvalue weighted by Gasteiger charge is 2.41. The van der Waals surface area contributed by atoms with Crippen LogP contribution in [0.5, 0.6) is 11.5 Å². The maximum Gasteiger partial charge on any atom is 0.251 e. The first-order valence-corrected chi connectivity index (χ1v) is 13.1. The predicted octanol–water partition coefficient (Wildman–Crippen LogP) is 2.35. The SMILES string of the molecule is CC(C)[C@H](C)NCC(=O)N1CC(=O)N(C2CC2)c2ccc(C(=O)NC(CO)c3ccc4c(c3)OCO4)cc21. The summed E-state index contributed by atoms with van der Waals surface area (Å²) in [4.78, 5) is 42.8. The van der Waals surface area contributed by atoms with E-state index in [9.17, 15) is 19.5 Å². The number of nitrogens with one attached hydrogen (secondary N) is 2. The van der Waals surface area contributed by atoms with Gasteiger partial charge in [-0.25, -0.2) is 0 Å². The van der Waals surface area contributed by atoms with E-state index in [0.29, 0.717) is 39.9 Å². The van der Waals surface area contributed by atoms with Crippen molar-refractivity contribution in [2.45, 2.75) is 51.7 Å². The van der Waals surface area contributed by atoms with Crippen LogP contribution < -0.4 is 29.9 Å². The summed E-state index contributed by atoms with van der Waals surface area (Å²) in [5.74, 6) is 0.771. The van der Waals surface area contributed by atoms with Gasteiger partial charge in [0.15, 0.2) is 11.5 Å². The molecule has 0 aromatic heterocycles. The van der Waals surface area contributed by atoms with Gasteiger partial charge in [0.2, 0.25) is 18.6 Å². The minimum Gasteiger partial charge on any atom is -0.454 e. The zero-order valence-corrected chi connectivity index (χ0v) is 21.9. The monoisotopic (exact) mass is 522 g/mol. The second kappa shape index (κ2) is 10.6. The number of ether oxygens (including phenoxy) is 2. The number of benzene rings is 2. The van der Waals surface area contributed by atoms with Crippen molar-refractivity contribution < 1.29 is 29.0 Å². The molecule has 2 heterocycles. The molecular formula is C28H34N4O6. The summed E-state index contributed by atoms with van der Waals surface area (Å²) in [7, 11) is 0. The Labute approximate surface area is 221 Å². The van der Waals surface area contributed by atoms with Crippen molar-refractivity contribution in [3.8, 4) is 11.5 Å². The standard InChI is InChI=1S/C28H34N4O6/c1-16(2)17(3)29-12-26(34)31-13-27(35)32(20-6-7-20)22-8-4-19(10-23(22)31)28(36)30-21(14-33)18-5-9-24-25(11-18)38-15-37-24/h4-5,8-11,16-17,20-21,29,33H,6-7,12-15H2,1-3H3,(H,30,36)/t17-,21?/m0/s1. The molecule has 3 N–H and O–H groups in total. The van der Waals surface area contributed by atoms with Crippen LogP contribution in [0, 0.1) is 5.92 Å². The number of nitrogens with zero attached hydrogens (tertiary/aromatic N) is 2. The molecule has 0 spiro atoms. The Kier molecular flexibility index (Phi) is 7.27. The fourth-order valence-corrected chi connectivity index (χ4v) is 4.66. The summed E-state index contributed by atoms with van der Waals surface area (Å²) in [6, 6.07) is 9.88. The van der Waals surface area contributed by atoms with Crippen molar-refractivity contribution in [3.63, 3.8) is 0 Å². The molecule has 3 amide bonds. The van der Waals surface area contributed by atoms with Gasteiger partial charge in [0.05, 0.1) is 30.6 Å². The lowest BCUT2D eigenvalue weighted by molar-refractivity contribution is -0.122. The molecule has 2 atom stereocenters. The van der Waals surface area contributed by atoms with Crippen molar-refractivity contribution in [1.29, 1.82) is 0 Å². The van der Waals surface area contributed by atoms with Crippen LogP contribution in [0.25, 0.3) is 0 Å². The Morgan fingerprint density at radius 2 is 1.82 bits per heavy atom. The molecule has 2 aromatic rings. The zero-order chi connectivity index (χ0) is 27.0. The molecule has 0 bridgehead atoms. The van der Waals surface area contributed by atoms with Gasteiger partial charge in [0.25, 0.3) is 5.91 Å². The molecule has 202 valence electrons. The maximum atomic E-state index is 13.3. The number of carbonyl (C=O) groups is 3. The van der Waals surface area contributed by atoms with Crippen LogP contribution in [-0.4, -0.2) is 61.4 Å². The third-order valence-corrected chi connectivity index (χ3v) is 7.43. The van der Waals surface area contributed by atoms with E-state index in [1.807, 2.05) is 6.92 Å². The Bertz CT molecular complexity index is 1240. The van der Waals surface area contributed by atoms with Crippen LogP contribution in [0.2, 0.25) is 0 Å². The maximum absolute atomic E-state index is 13.3. The molecule has 0 saturated heterocycles. The van der Waals surface area contributed by atoms with Crippen molar-refractivity contribution in [2.75, 3.05) is 36.3 Å². The first kappa shape index (κ1) is 26.0. The molecule has 10 nitrogen and oxygen atoms in total. The zero-order valence-electron chi connectivity index (χ0n) is 21.9. The third kappa shape index (κ3) is 5.19. The molecule has 2 aliphatic heterocycles. The van der Waals surface area contributed by atoms with Crippen LogP contribution in [0.15, 0.2) is 36.4 Å². The molecular weight excluding hydrogens is 488 g/mol. The predicted molar refractivity (Wildman–Crippen MR) is 141 cm³/mol. The van der Waals surface area contributed by atoms with Crippen LogP contribution in [0.3, 0.4) is 0 Å². The third-order valence-electron chi connectivity index (χ3n) is 7.43. The highest BCUT2D eigenvalue weighted by atomic mass is 16.7. The topological polar surface area (TPSA) is 120 Å². The number of hydrogen-bond acceptors (Lipinski definition) is 7. The molecule has 1 saturated carbocycles. The Morgan fingerprint density at radius 1 is 1.05 bits per heavy atom. The molecule has 2 aromatic carbocycles. The highest BCUT2D eigenvalue weighted by molar-refractivity contribution is 6.13. The lowest BCUT2D eigenvalue weighted by Crippen LogP contribution is -2.51. The minimum atomic E-state index is -0.669. The molecule has 1 fully saturated rings. The smallest absolute Gasteiger partial charge is 0.251 e. The van der Waals surface area contributed by atoms with E-state index in [2.05, 4.69) is 24.5 Å². The summed E-state index contributed by atoms with van der Waals surface area (Å²) in [5, 5.41) is 16.1. The van der Waals surface area contributed by atoms with Gasteiger partial charge in [-0.3, -0.25) is 19.3 Å². The summed E-state index contributed by atoms with van der Waals surface area (Å²) < 4.78 is 10.8. The average molecular weight is 523 g/mol. The van der Waals surface area contributed by atoms with Crippen molar-refractivity contribution in [1.82, 2.24) is 10.6 Å². The number of rotatable bonds is 9. The van der Waals surface area contributed by atoms with Gasteiger partial charge in [-0.2, -0.15) is 0 Å². The van der Waals surface area contributed by atoms with Crippen molar-refractivity contribution >= 4 is 29.1 Å². The van der Waals surface area contributed by atoms with Gasteiger partial charge in [-0.05, 0) is 61.6 Å².